The maximum absolute atomic E-state index is 7.32. The number of anilines is 2. The van der Waals surface area contributed by atoms with Crippen LogP contribution in [-0.2, 0) is 13.5 Å². The summed E-state index contributed by atoms with van der Waals surface area (Å²) < 4.78 is 1.88. The minimum absolute atomic E-state index is 1.04. The van der Waals surface area contributed by atoms with Crippen LogP contribution in [-0.4, -0.2) is 17.7 Å². The summed E-state index contributed by atoms with van der Waals surface area (Å²) in [5.74, 6) is 0. The van der Waals surface area contributed by atoms with Gasteiger partial charge in [0.25, 0.3) is 0 Å². The third-order valence-corrected chi connectivity index (χ3v) is 6.97. The van der Waals surface area contributed by atoms with Gasteiger partial charge in [-0.25, -0.2) is 0 Å². The Morgan fingerprint density at radius 2 is 1.18 bits per heavy atom. The number of aryl methyl sites for hydroxylation is 6. The average molecular weight is 589 g/mol. The van der Waals surface area contributed by atoms with E-state index in [1.54, 1.807) is 6.07 Å². The van der Waals surface area contributed by atoms with Gasteiger partial charge in [0.05, 0.1) is 6.07 Å². The third-order valence-electron chi connectivity index (χ3n) is 5.19. The van der Waals surface area contributed by atoms with E-state index >= 15 is 0 Å². The zero-order valence-corrected chi connectivity index (χ0v) is 25.2. The normalized spacial score (nSPS) is 12.6. The summed E-state index contributed by atoms with van der Waals surface area (Å²) in [4.78, 5) is 4.81. The second-order valence-electron chi connectivity index (χ2n) is 8.79. The molecule has 0 spiro atoms. The summed E-state index contributed by atoms with van der Waals surface area (Å²) in [6.07, 6.45) is 1.96. The molecule has 6 heteroatoms. The second kappa shape index (κ2) is 14.7. The van der Waals surface area contributed by atoms with Gasteiger partial charge in [0.15, 0.2) is 0 Å². The van der Waals surface area contributed by atoms with Crippen LogP contribution < -0.4 is 9.80 Å². The van der Waals surface area contributed by atoms with Crippen molar-refractivity contribution in [2.45, 2.75) is 62.3 Å². The van der Waals surface area contributed by atoms with Gasteiger partial charge in [-0.3, -0.25) is 0 Å². The Labute approximate surface area is 220 Å². The molecule has 0 atom stereocenters. The molecule has 2 aromatic rings. The first kappa shape index (κ1) is 30.4. The van der Waals surface area contributed by atoms with E-state index in [-0.39, 0.29) is 0 Å². The Kier molecular flexibility index (Phi) is 13.1. The summed E-state index contributed by atoms with van der Waals surface area (Å²) in [5, 5.41) is 7.32. The van der Waals surface area contributed by atoms with Crippen LogP contribution in [0.5, 0.6) is 0 Å². The van der Waals surface area contributed by atoms with Crippen LogP contribution in [0.1, 0.15) is 54.2 Å². The van der Waals surface area contributed by atoms with E-state index in [2.05, 4.69) is 82.3 Å². The van der Waals surface area contributed by atoms with Crippen LogP contribution in [0.3, 0.4) is 0 Å². The van der Waals surface area contributed by atoms with Crippen molar-refractivity contribution in [3.8, 4) is 6.07 Å². The molecule has 0 radical (unpaired) electrons. The van der Waals surface area contributed by atoms with Crippen molar-refractivity contribution in [3.63, 3.8) is 0 Å². The van der Waals surface area contributed by atoms with Gasteiger partial charge < -0.3 is 9.80 Å². The molecule has 0 bridgehead atoms. The number of rotatable bonds is 3. The zero-order chi connectivity index (χ0) is 26.0. The summed E-state index contributed by atoms with van der Waals surface area (Å²) in [5.41, 5.74) is 12.1. The fourth-order valence-corrected chi connectivity index (χ4v) is 5.58. The Hall–Kier alpha value is -1.66. The average Bonchev–Trinajstić information content (AvgIpc) is 3.15. The van der Waals surface area contributed by atoms with Gasteiger partial charge in [-0.2, -0.15) is 11.9 Å². The first-order valence-corrected chi connectivity index (χ1v) is 16.7. The standard InChI is InChI=1S/C21H27N2.C5H8.C2H3N.2ClH.Ru/c1-14-9-16(3)20(17(4)10-14)22-7-8-23(13-22)21-18(5)11-15(2)12-19(21)6;1-4-5(2)3;1-2-3;;;/h9-13H,7-8H2,1-6H3;1,4H,2-3H3;1H3;2*1H;/q-1;;;;;+2/p-2. The summed E-state index contributed by atoms with van der Waals surface area (Å²) in [7, 11) is 11.1. The van der Waals surface area contributed by atoms with Crippen molar-refractivity contribution >= 4 is 35.4 Å². The number of benzene rings is 2. The molecule has 1 heterocycles. The fourth-order valence-electron chi connectivity index (χ4n) is 4.25. The van der Waals surface area contributed by atoms with E-state index in [1.807, 2.05) is 24.5 Å². The fraction of sp³-hybridized carbons (Fsp3) is 0.393. The van der Waals surface area contributed by atoms with Crippen molar-refractivity contribution in [1.29, 1.82) is 5.26 Å². The molecule has 188 valence electrons. The largest absolute Gasteiger partial charge is 0.502 e. The SMILES string of the molecule is CC#N.CC(C)=C[CH]=[Ru]([Cl])[Cl].Cc1cc(C)c(N2[CH-]N(c3c(C)cc(C)cc3C)CC2)c(C)c1. The zero-order valence-electron chi connectivity index (χ0n) is 21.9. The Balaban J connectivity index is 0.000000443. The Bertz CT molecular complexity index is 950. The predicted octanol–water partition coefficient (Wildman–Crippen LogP) is 8.19. The van der Waals surface area contributed by atoms with Gasteiger partial charge in [0.1, 0.15) is 0 Å². The summed E-state index contributed by atoms with van der Waals surface area (Å²) in [6, 6.07) is 10.9. The van der Waals surface area contributed by atoms with Gasteiger partial charge in [-0.15, -0.1) is 0 Å². The molecule has 2 aromatic carbocycles. The monoisotopic (exact) mass is 588 g/mol. The van der Waals surface area contributed by atoms with Crippen LogP contribution in [0.2, 0.25) is 0 Å². The Morgan fingerprint density at radius 1 is 0.853 bits per heavy atom. The van der Waals surface area contributed by atoms with Crippen molar-refractivity contribution in [3.05, 3.63) is 76.0 Å². The molecule has 0 aromatic heterocycles. The molecule has 1 fully saturated rings. The van der Waals surface area contributed by atoms with Gasteiger partial charge in [-0.1, -0.05) is 35.4 Å². The van der Waals surface area contributed by atoms with Gasteiger partial charge in [0, 0.05) is 31.4 Å². The first-order chi connectivity index (χ1) is 15.9. The molecule has 0 amide bonds. The van der Waals surface area contributed by atoms with Crippen molar-refractivity contribution in [2.75, 3.05) is 22.9 Å². The van der Waals surface area contributed by atoms with Gasteiger partial charge >= 0.3 is 63.0 Å². The maximum Gasteiger partial charge on any atom is 0.0146 e. The van der Waals surface area contributed by atoms with Crippen LogP contribution in [0.4, 0.5) is 11.4 Å². The molecular formula is C28H38Cl2N3Ru-. The van der Waals surface area contributed by atoms with Crippen molar-refractivity contribution in [2.24, 2.45) is 0 Å². The van der Waals surface area contributed by atoms with E-state index in [4.69, 9.17) is 24.6 Å². The van der Waals surface area contributed by atoms with Gasteiger partial charge in [-0.05, 0) is 63.8 Å². The molecule has 3 nitrogen and oxygen atoms in total. The molecule has 34 heavy (non-hydrogen) atoms. The smallest absolute Gasteiger partial charge is 0.0146 e. The minimum Gasteiger partial charge on any atom is -0.502 e. The minimum atomic E-state index is -1.52. The summed E-state index contributed by atoms with van der Waals surface area (Å²) in [6.45, 7) is 23.0. The van der Waals surface area contributed by atoms with Crippen LogP contribution in [0.15, 0.2) is 35.9 Å². The van der Waals surface area contributed by atoms with E-state index in [0.717, 1.165) is 13.1 Å². The number of hydrogen-bond donors (Lipinski definition) is 0. The molecule has 0 unspecified atom stereocenters. The first-order valence-electron chi connectivity index (χ1n) is 11.2. The van der Waals surface area contributed by atoms with Crippen molar-refractivity contribution < 1.29 is 13.5 Å². The van der Waals surface area contributed by atoms with E-state index in [0.29, 0.717) is 0 Å². The van der Waals surface area contributed by atoms with Gasteiger partial charge in [0.2, 0.25) is 0 Å². The molecule has 1 aliphatic heterocycles. The number of halogens is 2. The number of allylic oxidation sites excluding steroid dienone is 2. The number of nitriles is 1. The van der Waals surface area contributed by atoms with Crippen molar-refractivity contribution in [1.82, 2.24) is 0 Å². The molecule has 1 aliphatic rings. The third kappa shape index (κ3) is 9.54. The predicted molar refractivity (Wildman–Crippen MR) is 149 cm³/mol. The molecule has 3 rings (SSSR count). The number of hydrogen-bond acceptors (Lipinski definition) is 3. The van der Waals surface area contributed by atoms with Crippen LogP contribution >= 0.6 is 19.4 Å². The van der Waals surface area contributed by atoms with Crippen LogP contribution in [0, 0.1) is 59.5 Å². The second-order valence-corrected chi connectivity index (χ2v) is 14.6. The maximum atomic E-state index is 7.32. The Morgan fingerprint density at radius 3 is 1.41 bits per heavy atom. The quantitative estimate of drug-likeness (QED) is 0.268. The molecule has 0 N–H and O–H groups in total. The molecular weight excluding hydrogens is 550 g/mol. The molecule has 0 aliphatic carbocycles. The van der Waals surface area contributed by atoms with E-state index in [1.165, 1.54) is 57.3 Å². The van der Waals surface area contributed by atoms with E-state index in [9.17, 15) is 0 Å². The number of nitrogens with zero attached hydrogens (tertiary/aromatic N) is 3. The summed E-state index contributed by atoms with van der Waals surface area (Å²) >= 11 is -1.52. The molecule has 1 saturated heterocycles. The van der Waals surface area contributed by atoms with Crippen LogP contribution in [0.25, 0.3) is 0 Å². The van der Waals surface area contributed by atoms with E-state index < -0.39 is 13.5 Å². The molecule has 0 saturated carbocycles. The topological polar surface area (TPSA) is 30.3 Å².